The first-order chi connectivity index (χ1) is 7.86. The number of para-hydroxylation sites is 2. The highest BCUT2D eigenvalue weighted by atomic mass is 79.9. The Hall–Kier alpha value is -1.54. The molecule has 0 aliphatic rings. The zero-order valence-electron chi connectivity index (χ0n) is 8.60. The molecule has 0 saturated heterocycles. The smallest absolute Gasteiger partial charge is 0.0540 e. The molecule has 1 nitrogen and oxygen atoms in total. The topological polar surface area (TPSA) is 4.93 Å². The first-order valence-corrected chi connectivity index (χ1v) is 5.96. The van der Waals surface area contributed by atoms with Crippen LogP contribution in [0.15, 0.2) is 65.3 Å². The second kappa shape index (κ2) is 3.80. The molecule has 2 aromatic carbocycles. The highest BCUT2D eigenvalue weighted by Gasteiger charge is 2.06. The van der Waals surface area contributed by atoms with Gasteiger partial charge >= 0.3 is 0 Å². The molecule has 0 bridgehead atoms. The van der Waals surface area contributed by atoms with Crippen LogP contribution in [0.4, 0.5) is 0 Å². The fourth-order valence-electron chi connectivity index (χ4n) is 1.94. The third kappa shape index (κ3) is 1.46. The van der Waals surface area contributed by atoms with Gasteiger partial charge in [0.25, 0.3) is 0 Å². The van der Waals surface area contributed by atoms with Crippen LogP contribution in [0.2, 0.25) is 0 Å². The van der Waals surface area contributed by atoms with Gasteiger partial charge in [-0.25, -0.2) is 0 Å². The van der Waals surface area contributed by atoms with Crippen LogP contribution in [-0.4, -0.2) is 4.57 Å². The van der Waals surface area contributed by atoms with Crippen molar-refractivity contribution in [3.8, 4) is 5.69 Å². The average molecular weight is 272 g/mol. The van der Waals surface area contributed by atoms with Gasteiger partial charge in [0.2, 0.25) is 0 Å². The average Bonchev–Trinajstić information content (AvgIpc) is 2.69. The number of benzene rings is 2. The number of rotatable bonds is 1. The Labute approximate surface area is 102 Å². The van der Waals surface area contributed by atoms with E-state index in [9.17, 15) is 0 Å². The van der Waals surface area contributed by atoms with Crippen molar-refractivity contribution < 1.29 is 0 Å². The Bertz CT molecular complexity index is 626. The highest BCUT2D eigenvalue weighted by Crippen LogP contribution is 2.28. The predicted octanol–water partition coefficient (Wildman–Crippen LogP) is 4.39. The van der Waals surface area contributed by atoms with E-state index in [1.807, 2.05) is 6.07 Å². The van der Waals surface area contributed by atoms with Crippen molar-refractivity contribution >= 4 is 26.8 Å². The second-order valence-corrected chi connectivity index (χ2v) is 4.55. The minimum Gasteiger partial charge on any atom is -0.315 e. The van der Waals surface area contributed by atoms with Crippen LogP contribution >= 0.6 is 15.9 Å². The molecule has 0 aliphatic carbocycles. The van der Waals surface area contributed by atoms with Crippen molar-refractivity contribution in [2.75, 3.05) is 0 Å². The van der Waals surface area contributed by atoms with E-state index >= 15 is 0 Å². The number of hydrogen-bond acceptors (Lipinski definition) is 0. The third-order valence-corrected chi connectivity index (χ3v) is 3.33. The Morgan fingerprint density at radius 2 is 1.50 bits per heavy atom. The summed E-state index contributed by atoms with van der Waals surface area (Å²) in [5.41, 5.74) is 2.41. The van der Waals surface area contributed by atoms with Crippen molar-refractivity contribution in [2.24, 2.45) is 0 Å². The minimum absolute atomic E-state index is 1.13. The van der Waals surface area contributed by atoms with Gasteiger partial charge in [0.1, 0.15) is 0 Å². The molecule has 78 valence electrons. The normalized spacial score (nSPS) is 10.8. The van der Waals surface area contributed by atoms with Gasteiger partial charge < -0.3 is 4.57 Å². The van der Waals surface area contributed by atoms with E-state index in [4.69, 9.17) is 0 Å². The first kappa shape index (κ1) is 9.67. The predicted molar refractivity (Wildman–Crippen MR) is 71.0 cm³/mol. The molecule has 1 heterocycles. The molecule has 0 N–H and O–H groups in total. The molecular weight excluding hydrogens is 262 g/mol. The highest BCUT2D eigenvalue weighted by molar-refractivity contribution is 9.10. The Morgan fingerprint density at radius 1 is 0.812 bits per heavy atom. The molecule has 0 aliphatic heterocycles. The SMILES string of the molecule is Brc1cn(-c2ccccc2)c2ccccc12. The van der Waals surface area contributed by atoms with Gasteiger partial charge in [-0.15, -0.1) is 0 Å². The molecule has 2 heteroatoms. The quantitative estimate of drug-likeness (QED) is 0.619. The van der Waals surface area contributed by atoms with Gasteiger partial charge in [-0.1, -0.05) is 36.4 Å². The van der Waals surface area contributed by atoms with Crippen molar-refractivity contribution in [3.63, 3.8) is 0 Å². The van der Waals surface area contributed by atoms with Gasteiger partial charge in [0.15, 0.2) is 0 Å². The fraction of sp³-hybridized carbons (Fsp3) is 0. The van der Waals surface area contributed by atoms with Crippen molar-refractivity contribution in [3.05, 3.63) is 65.3 Å². The second-order valence-electron chi connectivity index (χ2n) is 3.70. The van der Waals surface area contributed by atoms with Crippen molar-refractivity contribution in [2.45, 2.75) is 0 Å². The summed E-state index contributed by atoms with van der Waals surface area (Å²) in [6, 6.07) is 18.7. The Morgan fingerprint density at radius 3 is 2.31 bits per heavy atom. The summed E-state index contributed by atoms with van der Waals surface area (Å²) in [6.07, 6.45) is 2.11. The summed E-state index contributed by atoms with van der Waals surface area (Å²) in [6.45, 7) is 0. The summed E-state index contributed by atoms with van der Waals surface area (Å²) in [5, 5.41) is 1.24. The van der Waals surface area contributed by atoms with E-state index in [0.717, 1.165) is 4.47 Å². The monoisotopic (exact) mass is 271 g/mol. The molecule has 3 rings (SSSR count). The number of nitrogens with zero attached hydrogens (tertiary/aromatic N) is 1. The maximum Gasteiger partial charge on any atom is 0.0540 e. The zero-order chi connectivity index (χ0) is 11.0. The largest absolute Gasteiger partial charge is 0.315 e. The molecule has 0 atom stereocenters. The minimum atomic E-state index is 1.13. The molecule has 0 saturated carbocycles. The van der Waals surface area contributed by atoms with Crippen LogP contribution in [0.3, 0.4) is 0 Å². The third-order valence-electron chi connectivity index (χ3n) is 2.70. The van der Waals surface area contributed by atoms with Gasteiger partial charge in [-0.2, -0.15) is 0 Å². The van der Waals surface area contributed by atoms with Crippen LogP contribution in [0, 0.1) is 0 Å². The molecule has 0 amide bonds. The molecule has 0 fully saturated rings. The number of fused-ring (bicyclic) bond motifs is 1. The summed E-state index contributed by atoms with van der Waals surface area (Å²) >= 11 is 3.59. The van der Waals surface area contributed by atoms with E-state index in [-0.39, 0.29) is 0 Å². The van der Waals surface area contributed by atoms with Crippen LogP contribution in [0.5, 0.6) is 0 Å². The summed E-state index contributed by atoms with van der Waals surface area (Å²) in [4.78, 5) is 0. The van der Waals surface area contributed by atoms with Crippen molar-refractivity contribution in [1.29, 1.82) is 0 Å². The molecule has 0 unspecified atom stereocenters. The molecule has 1 aromatic heterocycles. The van der Waals surface area contributed by atoms with E-state index in [1.54, 1.807) is 0 Å². The van der Waals surface area contributed by atoms with Crippen LogP contribution in [0.25, 0.3) is 16.6 Å². The Kier molecular flexibility index (Phi) is 2.29. The fourth-order valence-corrected chi connectivity index (χ4v) is 2.48. The molecule has 0 spiro atoms. The van der Waals surface area contributed by atoms with Gasteiger partial charge in [-0.3, -0.25) is 0 Å². The van der Waals surface area contributed by atoms with Gasteiger partial charge in [-0.05, 0) is 34.1 Å². The molecule has 3 aromatic rings. The van der Waals surface area contributed by atoms with Crippen molar-refractivity contribution in [1.82, 2.24) is 4.57 Å². The lowest BCUT2D eigenvalue weighted by Crippen LogP contribution is -1.89. The Balaban J connectivity index is 2.33. The lowest BCUT2D eigenvalue weighted by molar-refractivity contribution is 1.12. The van der Waals surface area contributed by atoms with Crippen LogP contribution in [-0.2, 0) is 0 Å². The maximum absolute atomic E-state index is 3.59. The first-order valence-electron chi connectivity index (χ1n) is 5.17. The van der Waals surface area contributed by atoms with E-state index in [1.165, 1.54) is 16.6 Å². The molecule has 16 heavy (non-hydrogen) atoms. The maximum atomic E-state index is 3.59. The number of aromatic nitrogens is 1. The van der Waals surface area contributed by atoms with Gasteiger partial charge in [0.05, 0.1) is 5.52 Å². The van der Waals surface area contributed by atoms with Crippen LogP contribution in [0.1, 0.15) is 0 Å². The number of halogens is 1. The van der Waals surface area contributed by atoms with E-state index in [0.29, 0.717) is 0 Å². The summed E-state index contributed by atoms with van der Waals surface area (Å²) < 4.78 is 3.33. The van der Waals surface area contributed by atoms with Crippen LogP contribution < -0.4 is 0 Å². The van der Waals surface area contributed by atoms with Gasteiger partial charge in [0, 0.05) is 21.7 Å². The lowest BCUT2D eigenvalue weighted by atomic mass is 10.2. The number of hydrogen-bond donors (Lipinski definition) is 0. The van der Waals surface area contributed by atoms with E-state index < -0.39 is 0 Å². The molecule has 0 radical (unpaired) electrons. The van der Waals surface area contributed by atoms with E-state index in [2.05, 4.69) is 75.2 Å². The summed E-state index contributed by atoms with van der Waals surface area (Å²) in [7, 11) is 0. The lowest BCUT2D eigenvalue weighted by Gasteiger charge is -2.03. The molecular formula is C14H10BrN. The zero-order valence-corrected chi connectivity index (χ0v) is 10.2. The standard InChI is InChI=1S/C14H10BrN/c15-13-10-16(11-6-2-1-3-7-11)14-9-5-4-8-12(13)14/h1-10H. The summed E-state index contributed by atoms with van der Waals surface area (Å²) in [5.74, 6) is 0.